The molecule has 1 heterocycles. The number of thioether (sulfide) groups is 1. The van der Waals surface area contributed by atoms with Crippen LogP contribution < -0.4 is 10.2 Å². The van der Waals surface area contributed by atoms with Crippen LogP contribution in [0, 0.1) is 0 Å². The molecule has 0 bridgehead atoms. The van der Waals surface area contributed by atoms with Crippen molar-refractivity contribution in [3.63, 3.8) is 0 Å². The fourth-order valence-corrected chi connectivity index (χ4v) is 3.63. The van der Waals surface area contributed by atoms with Crippen LogP contribution in [0.15, 0.2) is 60.7 Å². The molecule has 1 aliphatic rings. The molecular formula is C20H22N2OS. The third-order valence-electron chi connectivity index (χ3n) is 3.94. The number of para-hydroxylation sites is 2. The molecule has 2 aromatic rings. The second kappa shape index (κ2) is 8.60. The summed E-state index contributed by atoms with van der Waals surface area (Å²) >= 11 is 1.98. The largest absolute Gasteiger partial charge is 0.368 e. The van der Waals surface area contributed by atoms with Gasteiger partial charge in [0, 0.05) is 31.0 Å². The summed E-state index contributed by atoms with van der Waals surface area (Å²) in [6, 6.07) is 18.1. The summed E-state index contributed by atoms with van der Waals surface area (Å²) in [4.78, 5) is 14.6. The highest BCUT2D eigenvalue weighted by Crippen LogP contribution is 2.28. The summed E-state index contributed by atoms with van der Waals surface area (Å²) in [5, 5.41) is 3.06. The lowest BCUT2D eigenvalue weighted by molar-refractivity contribution is -0.115. The normalized spacial score (nSPS) is 14.8. The second-order valence-corrected chi connectivity index (χ2v) is 6.91. The Labute approximate surface area is 147 Å². The number of nitrogens with one attached hydrogen (secondary N) is 1. The number of rotatable bonds is 5. The highest BCUT2D eigenvalue weighted by molar-refractivity contribution is 7.99. The van der Waals surface area contributed by atoms with Gasteiger partial charge in [-0.3, -0.25) is 4.79 Å². The first-order valence-electron chi connectivity index (χ1n) is 8.26. The Bertz CT molecular complexity index is 694. The molecule has 124 valence electrons. The SMILES string of the molecule is O=C(C/C=C/c1ccccc1)Nc1ccccc1N1CCSCC1. The van der Waals surface area contributed by atoms with Gasteiger partial charge in [0.15, 0.2) is 0 Å². The zero-order valence-electron chi connectivity index (χ0n) is 13.7. The number of anilines is 2. The lowest BCUT2D eigenvalue weighted by atomic mass is 10.2. The Kier molecular flexibility index (Phi) is 5.96. The zero-order valence-corrected chi connectivity index (χ0v) is 14.5. The fraction of sp³-hybridized carbons (Fsp3) is 0.250. The van der Waals surface area contributed by atoms with Crippen LogP contribution >= 0.6 is 11.8 Å². The van der Waals surface area contributed by atoms with E-state index in [0.717, 1.165) is 41.5 Å². The molecule has 1 N–H and O–H groups in total. The average molecular weight is 338 g/mol. The van der Waals surface area contributed by atoms with E-state index in [1.54, 1.807) is 0 Å². The topological polar surface area (TPSA) is 32.3 Å². The number of benzene rings is 2. The minimum Gasteiger partial charge on any atom is -0.368 e. The van der Waals surface area contributed by atoms with E-state index in [0.29, 0.717) is 6.42 Å². The predicted octanol–water partition coefficient (Wildman–Crippen LogP) is 4.28. The number of nitrogens with zero attached hydrogens (tertiary/aromatic N) is 1. The van der Waals surface area contributed by atoms with Crippen LogP contribution in [-0.4, -0.2) is 30.5 Å². The maximum Gasteiger partial charge on any atom is 0.228 e. The van der Waals surface area contributed by atoms with E-state index in [2.05, 4.69) is 16.3 Å². The molecule has 1 fully saturated rings. The summed E-state index contributed by atoms with van der Waals surface area (Å²) < 4.78 is 0. The minimum absolute atomic E-state index is 0.0148. The number of hydrogen-bond donors (Lipinski definition) is 1. The smallest absolute Gasteiger partial charge is 0.228 e. The van der Waals surface area contributed by atoms with Crippen molar-refractivity contribution < 1.29 is 4.79 Å². The van der Waals surface area contributed by atoms with Crippen LogP contribution in [0.4, 0.5) is 11.4 Å². The van der Waals surface area contributed by atoms with Crippen molar-refractivity contribution in [3.05, 3.63) is 66.2 Å². The maximum atomic E-state index is 12.3. The lowest BCUT2D eigenvalue weighted by Gasteiger charge is -2.30. The number of carbonyl (C=O) groups excluding carboxylic acids is 1. The van der Waals surface area contributed by atoms with E-state index < -0.39 is 0 Å². The van der Waals surface area contributed by atoms with Gasteiger partial charge in [0.25, 0.3) is 0 Å². The van der Waals surface area contributed by atoms with Crippen LogP contribution in [0.25, 0.3) is 6.08 Å². The number of carbonyl (C=O) groups is 1. The third-order valence-corrected chi connectivity index (χ3v) is 4.89. The summed E-state index contributed by atoms with van der Waals surface area (Å²) in [6.07, 6.45) is 4.26. The van der Waals surface area contributed by atoms with Crippen molar-refractivity contribution >= 4 is 35.1 Å². The van der Waals surface area contributed by atoms with Gasteiger partial charge in [-0.05, 0) is 17.7 Å². The Morgan fingerprint density at radius 1 is 1.04 bits per heavy atom. The van der Waals surface area contributed by atoms with E-state index in [1.165, 1.54) is 0 Å². The van der Waals surface area contributed by atoms with Crippen molar-refractivity contribution in [2.75, 3.05) is 34.8 Å². The summed E-state index contributed by atoms with van der Waals surface area (Å²) in [6.45, 7) is 2.07. The van der Waals surface area contributed by atoms with E-state index in [-0.39, 0.29) is 5.91 Å². The number of hydrogen-bond acceptors (Lipinski definition) is 3. The van der Waals surface area contributed by atoms with E-state index in [1.807, 2.05) is 72.4 Å². The first-order valence-corrected chi connectivity index (χ1v) is 9.41. The molecule has 0 unspecified atom stereocenters. The number of amides is 1. The molecular weight excluding hydrogens is 316 g/mol. The van der Waals surface area contributed by atoms with Gasteiger partial charge >= 0.3 is 0 Å². The quantitative estimate of drug-likeness (QED) is 0.883. The van der Waals surface area contributed by atoms with Gasteiger partial charge in [0.05, 0.1) is 11.4 Å². The lowest BCUT2D eigenvalue weighted by Crippen LogP contribution is -2.33. The molecule has 0 atom stereocenters. The van der Waals surface area contributed by atoms with Gasteiger partial charge < -0.3 is 10.2 Å². The third kappa shape index (κ3) is 4.65. The van der Waals surface area contributed by atoms with Crippen LogP contribution in [0.1, 0.15) is 12.0 Å². The fourth-order valence-electron chi connectivity index (χ4n) is 2.73. The molecule has 24 heavy (non-hydrogen) atoms. The molecule has 0 saturated carbocycles. The molecule has 0 spiro atoms. The van der Waals surface area contributed by atoms with Gasteiger partial charge in [-0.15, -0.1) is 0 Å². The summed E-state index contributed by atoms with van der Waals surface area (Å²) in [7, 11) is 0. The Balaban J connectivity index is 1.61. The van der Waals surface area contributed by atoms with Crippen LogP contribution in [0.2, 0.25) is 0 Å². The maximum absolute atomic E-state index is 12.3. The van der Waals surface area contributed by atoms with Gasteiger partial charge in [0.2, 0.25) is 5.91 Å². The molecule has 0 aliphatic carbocycles. The zero-order chi connectivity index (χ0) is 16.6. The Morgan fingerprint density at radius 3 is 2.54 bits per heavy atom. The monoisotopic (exact) mass is 338 g/mol. The Morgan fingerprint density at radius 2 is 1.75 bits per heavy atom. The van der Waals surface area contributed by atoms with Crippen molar-refractivity contribution in [2.24, 2.45) is 0 Å². The molecule has 0 radical (unpaired) electrons. The van der Waals surface area contributed by atoms with Crippen LogP contribution in [0.5, 0.6) is 0 Å². The first-order chi connectivity index (χ1) is 11.8. The van der Waals surface area contributed by atoms with Crippen molar-refractivity contribution in [1.29, 1.82) is 0 Å². The highest BCUT2D eigenvalue weighted by atomic mass is 32.2. The van der Waals surface area contributed by atoms with Crippen LogP contribution in [0.3, 0.4) is 0 Å². The summed E-state index contributed by atoms with van der Waals surface area (Å²) in [5.74, 6) is 2.30. The van der Waals surface area contributed by atoms with Crippen molar-refractivity contribution in [1.82, 2.24) is 0 Å². The molecule has 4 heteroatoms. The van der Waals surface area contributed by atoms with Crippen molar-refractivity contribution in [3.8, 4) is 0 Å². The first kappa shape index (κ1) is 16.7. The van der Waals surface area contributed by atoms with Gasteiger partial charge in [0.1, 0.15) is 0 Å². The molecule has 1 saturated heterocycles. The molecule has 1 amide bonds. The van der Waals surface area contributed by atoms with Gasteiger partial charge in [-0.2, -0.15) is 11.8 Å². The standard InChI is InChI=1S/C20H22N2OS/c23-20(12-6-9-17-7-2-1-3-8-17)21-18-10-4-5-11-19(18)22-13-15-24-16-14-22/h1-11H,12-16H2,(H,21,23)/b9-6+. The van der Waals surface area contributed by atoms with E-state index in [9.17, 15) is 4.79 Å². The van der Waals surface area contributed by atoms with Crippen LogP contribution in [-0.2, 0) is 4.79 Å². The molecule has 3 nitrogen and oxygen atoms in total. The molecule has 0 aromatic heterocycles. The molecule has 2 aromatic carbocycles. The second-order valence-electron chi connectivity index (χ2n) is 5.68. The summed E-state index contributed by atoms with van der Waals surface area (Å²) in [5.41, 5.74) is 3.14. The van der Waals surface area contributed by atoms with E-state index in [4.69, 9.17) is 0 Å². The molecule has 3 rings (SSSR count). The van der Waals surface area contributed by atoms with Gasteiger partial charge in [-0.1, -0.05) is 54.6 Å². The van der Waals surface area contributed by atoms with Gasteiger partial charge in [-0.25, -0.2) is 0 Å². The van der Waals surface area contributed by atoms with Crippen molar-refractivity contribution in [2.45, 2.75) is 6.42 Å². The average Bonchev–Trinajstić information content (AvgIpc) is 2.64. The predicted molar refractivity (Wildman–Crippen MR) is 105 cm³/mol. The minimum atomic E-state index is 0.0148. The molecule has 1 aliphatic heterocycles. The highest BCUT2D eigenvalue weighted by Gasteiger charge is 2.15. The Hall–Kier alpha value is -2.20. The van der Waals surface area contributed by atoms with E-state index >= 15 is 0 Å².